The summed E-state index contributed by atoms with van der Waals surface area (Å²) in [7, 11) is 0. The average molecular weight is 342 g/mol. The molecule has 6 nitrogen and oxygen atoms in total. The van der Waals surface area contributed by atoms with E-state index in [4.69, 9.17) is 0 Å². The van der Waals surface area contributed by atoms with E-state index >= 15 is 0 Å². The largest absolute Gasteiger partial charge is 0.481 e. The topological polar surface area (TPSA) is 88.4 Å². The highest BCUT2D eigenvalue weighted by Crippen LogP contribution is 2.33. The second kappa shape index (κ2) is 6.70. The number of aromatic nitrogens is 1. The summed E-state index contributed by atoms with van der Waals surface area (Å²) in [4.78, 5) is 36.0. The van der Waals surface area contributed by atoms with Crippen molar-refractivity contribution in [1.82, 2.24) is 9.88 Å². The minimum Gasteiger partial charge on any atom is -0.481 e. The summed E-state index contributed by atoms with van der Waals surface area (Å²) in [6.45, 7) is 1.86. The van der Waals surface area contributed by atoms with Crippen molar-refractivity contribution < 1.29 is 14.7 Å². The highest BCUT2D eigenvalue weighted by molar-refractivity contribution is 5.83. The van der Waals surface area contributed by atoms with Crippen molar-refractivity contribution in [3.63, 3.8) is 0 Å². The van der Waals surface area contributed by atoms with Crippen molar-refractivity contribution in [2.45, 2.75) is 44.7 Å². The highest BCUT2D eigenvalue weighted by atomic mass is 16.4. The van der Waals surface area contributed by atoms with Gasteiger partial charge < -0.3 is 15.0 Å². The zero-order chi connectivity index (χ0) is 18.0. The van der Waals surface area contributed by atoms with Gasteiger partial charge in [0.05, 0.1) is 17.0 Å². The third kappa shape index (κ3) is 3.43. The van der Waals surface area contributed by atoms with E-state index in [1.54, 1.807) is 29.0 Å². The van der Waals surface area contributed by atoms with Gasteiger partial charge in [-0.25, -0.2) is 0 Å². The quantitative estimate of drug-likeness (QED) is 0.891. The number of para-hydroxylation sites is 1. The lowest BCUT2D eigenvalue weighted by atomic mass is 9.74. The van der Waals surface area contributed by atoms with Crippen LogP contribution in [-0.2, 0) is 16.1 Å². The van der Waals surface area contributed by atoms with Gasteiger partial charge in [-0.15, -0.1) is 0 Å². The van der Waals surface area contributed by atoms with E-state index in [1.165, 1.54) is 6.07 Å². The molecule has 2 aromatic rings. The first-order valence-corrected chi connectivity index (χ1v) is 8.53. The van der Waals surface area contributed by atoms with Crippen LogP contribution in [0.2, 0.25) is 0 Å². The standard InChI is InChI=1S/C19H22N2O4/c1-19(10-5-4-7-14(19)18(24)25)20-17(23)12-21-11-9-16(22)13-6-2-3-8-15(13)21/h2-3,6,8-9,11,14H,4-5,7,10,12H2,1H3,(H,20,23)(H,24,25). The van der Waals surface area contributed by atoms with Crippen LogP contribution < -0.4 is 10.7 Å². The number of hydrogen-bond donors (Lipinski definition) is 2. The first-order valence-electron chi connectivity index (χ1n) is 8.53. The summed E-state index contributed by atoms with van der Waals surface area (Å²) >= 11 is 0. The Kier molecular flexibility index (Phi) is 4.61. The normalized spacial score (nSPS) is 23.3. The summed E-state index contributed by atoms with van der Waals surface area (Å²) in [5.74, 6) is -1.68. The molecule has 1 aromatic heterocycles. The Morgan fingerprint density at radius 1 is 1.28 bits per heavy atom. The minimum absolute atomic E-state index is 0.0444. The van der Waals surface area contributed by atoms with E-state index in [0.717, 1.165) is 12.8 Å². The number of rotatable bonds is 4. The fourth-order valence-corrected chi connectivity index (χ4v) is 3.79. The molecule has 2 N–H and O–H groups in total. The molecule has 0 saturated heterocycles. The predicted molar refractivity (Wildman–Crippen MR) is 94.3 cm³/mol. The maximum Gasteiger partial charge on any atom is 0.308 e. The van der Waals surface area contributed by atoms with Gasteiger partial charge in [0.2, 0.25) is 5.91 Å². The summed E-state index contributed by atoms with van der Waals surface area (Å²) in [6, 6.07) is 8.58. The molecule has 3 rings (SSSR count). The smallest absolute Gasteiger partial charge is 0.308 e. The van der Waals surface area contributed by atoms with E-state index < -0.39 is 17.4 Å². The number of hydrogen-bond acceptors (Lipinski definition) is 3. The maximum atomic E-state index is 12.6. The third-order valence-corrected chi connectivity index (χ3v) is 5.13. The number of nitrogens with one attached hydrogen (secondary N) is 1. The molecule has 1 aliphatic carbocycles. The van der Waals surface area contributed by atoms with E-state index in [1.807, 2.05) is 13.0 Å². The molecule has 1 aliphatic rings. The Bertz CT molecular complexity index is 873. The van der Waals surface area contributed by atoms with Gasteiger partial charge in [-0.1, -0.05) is 25.0 Å². The molecule has 1 saturated carbocycles. The van der Waals surface area contributed by atoms with Crippen LogP contribution in [0.5, 0.6) is 0 Å². The number of carboxylic acids is 1. The third-order valence-electron chi connectivity index (χ3n) is 5.13. The van der Waals surface area contributed by atoms with Crippen LogP contribution in [0.15, 0.2) is 41.3 Å². The number of carbonyl (C=O) groups excluding carboxylic acids is 1. The average Bonchev–Trinajstić information content (AvgIpc) is 2.57. The van der Waals surface area contributed by atoms with Crippen molar-refractivity contribution in [2.24, 2.45) is 5.92 Å². The van der Waals surface area contributed by atoms with Crippen molar-refractivity contribution >= 4 is 22.8 Å². The van der Waals surface area contributed by atoms with Crippen LogP contribution in [0.1, 0.15) is 32.6 Å². The van der Waals surface area contributed by atoms with Gasteiger partial charge in [-0.2, -0.15) is 0 Å². The molecule has 2 atom stereocenters. The highest BCUT2D eigenvalue weighted by Gasteiger charge is 2.42. The number of aliphatic carboxylic acids is 1. The van der Waals surface area contributed by atoms with E-state index in [9.17, 15) is 19.5 Å². The number of fused-ring (bicyclic) bond motifs is 1. The predicted octanol–water partition coefficient (Wildman–Crippen LogP) is 2.15. The monoisotopic (exact) mass is 342 g/mol. The van der Waals surface area contributed by atoms with Gasteiger partial charge in [-0.3, -0.25) is 14.4 Å². The molecule has 0 bridgehead atoms. The first kappa shape index (κ1) is 17.2. The number of carboxylic acid groups (broad SMARTS) is 1. The molecule has 0 radical (unpaired) electrons. The Balaban J connectivity index is 1.82. The van der Waals surface area contributed by atoms with Gasteiger partial charge in [0, 0.05) is 17.6 Å². The molecule has 2 unspecified atom stereocenters. The Hall–Kier alpha value is -2.63. The second-order valence-corrected chi connectivity index (χ2v) is 6.93. The summed E-state index contributed by atoms with van der Waals surface area (Å²) in [5.41, 5.74) is -0.137. The SMILES string of the molecule is CC1(NC(=O)Cn2ccc(=O)c3ccccc32)CCCCC1C(=O)O. The summed E-state index contributed by atoms with van der Waals surface area (Å²) in [5, 5.41) is 13.0. The molecule has 0 aliphatic heterocycles. The van der Waals surface area contributed by atoms with Crippen LogP contribution in [0.3, 0.4) is 0 Å². The number of carbonyl (C=O) groups is 2. The Morgan fingerprint density at radius 2 is 2.04 bits per heavy atom. The Labute approximate surface area is 145 Å². The number of amides is 1. The van der Waals surface area contributed by atoms with Crippen LogP contribution >= 0.6 is 0 Å². The summed E-state index contributed by atoms with van der Waals surface area (Å²) < 4.78 is 1.72. The van der Waals surface area contributed by atoms with Crippen LogP contribution in [0.25, 0.3) is 10.9 Å². The van der Waals surface area contributed by atoms with E-state index in [0.29, 0.717) is 23.7 Å². The molecular weight excluding hydrogens is 320 g/mol. The van der Waals surface area contributed by atoms with Gasteiger partial charge in [0.25, 0.3) is 0 Å². The van der Waals surface area contributed by atoms with Crippen LogP contribution in [0.4, 0.5) is 0 Å². The lowest BCUT2D eigenvalue weighted by Gasteiger charge is -2.39. The second-order valence-electron chi connectivity index (χ2n) is 6.93. The van der Waals surface area contributed by atoms with Crippen LogP contribution in [-0.4, -0.2) is 27.1 Å². The van der Waals surface area contributed by atoms with E-state index in [-0.39, 0.29) is 17.9 Å². The van der Waals surface area contributed by atoms with Gasteiger partial charge in [0.15, 0.2) is 5.43 Å². The van der Waals surface area contributed by atoms with Crippen LogP contribution in [0, 0.1) is 5.92 Å². The van der Waals surface area contributed by atoms with E-state index in [2.05, 4.69) is 5.32 Å². The minimum atomic E-state index is -0.865. The number of nitrogens with zero attached hydrogens (tertiary/aromatic N) is 1. The molecule has 1 heterocycles. The van der Waals surface area contributed by atoms with Crippen molar-refractivity contribution in [3.05, 3.63) is 46.8 Å². The molecule has 1 aromatic carbocycles. The number of benzene rings is 1. The van der Waals surface area contributed by atoms with Gasteiger partial charge >= 0.3 is 5.97 Å². The first-order chi connectivity index (χ1) is 11.9. The van der Waals surface area contributed by atoms with Gasteiger partial charge in [0.1, 0.15) is 6.54 Å². The summed E-state index contributed by atoms with van der Waals surface area (Å²) in [6.07, 6.45) is 4.60. The fourth-order valence-electron chi connectivity index (χ4n) is 3.79. The molecule has 6 heteroatoms. The van der Waals surface area contributed by atoms with Crippen molar-refractivity contribution in [2.75, 3.05) is 0 Å². The number of pyridine rings is 1. The van der Waals surface area contributed by atoms with Crippen molar-refractivity contribution in [3.8, 4) is 0 Å². The fraction of sp³-hybridized carbons (Fsp3) is 0.421. The lowest BCUT2D eigenvalue weighted by molar-refractivity contribution is -0.146. The molecule has 132 valence electrons. The van der Waals surface area contributed by atoms with Gasteiger partial charge in [-0.05, 0) is 31.9 Å². The zero-order valence-corrected chi connectivity index (χ0v) is 14.2. The zero-order valence-electron chi connectivity index (χ0n) is 14.2. The molecular formula is C19H22N2O4. The van der Waals surface area contributed by atoms with Crippen molar-refractivity contribution in [1.29, 1.82) is 0 Å². The molecule has 0 spiro atoms. The Morgan fingerprint density at radius 3 is 2.80 bits per heavy atom. The molecule has 1 fully saturated rings. The molecule has 1 amide bonds. The maximum absolute atomic E-state index is 12.6. The lowest BCUT2D eigenvalue weighted by Crippen LogP contribution is -2.56. The molecule has 25 heavy (non-hydrogen) atoms.